The highest BCUT2D eigenvalue weighted by Gasteiger charge is 2.22. The first kappa shape index (κ1) is 21.0. The van der Waals surface area contributed by atoms with Gasteiger partial charge in [0, 0.05) is 25.7 Å². The smallest absolute Gasteiger partial charge is 0.243 e. The summed E-state index contributed by atoms with van der Waals surface area (Å²) in [7, 11) is -3.44. The fraction of sp³-hybridized carbons (Fsp3) is 0.478. The van der Waals surface area contributed by atoms with Crippen LogP contribution in [-0.4, -0.2) is 49.8 Å². The molecular formula is C23H32N2O2S. The van der Waals surface area contributed by atoms with E-state index < -0.39 is 10.0 Å². The van der Waals surface area contributed by atoms with Crippen molar-refractivity contribution in [1.29, 1.82) is 0 Å². The van der Waals surface area contributed by atoms with Crippen LogP contribution in [0, 0.1) is 0 Å². The lowest BCUT2D eigenvalue weighted by Gasteiger charge is -2.20. The van der Waals surface area contributed by atoms with Crippen LogP contribution in [0.5, 0.6) is 0 Å². The van der Waals surface area contributed by atoms with Crippen molar-refractivity contribution in [3.8, 4) is 11.1 Å². The predicted molar refractivity (Wildman–Crippen MR) is 116 cm³/mol. The molecule has 1 saturated heterocycles. The Labute approximate surface area is 170 Å². The molecule has 28 heavy (non-hydrogen) atoms. The lowest BCUT2D eigenvalue weighted by molar-refractivity contribution is 0.272. The molecule has 1 aliphatic rings. The number of hydrogen-bond donors (Lipinski definition) is 0. The van der Waals surface area contributed by atoms with Crippen LogP contribution in [0.1, 0.15) is 39.2 Å². The highest BCUT2D eigenvalue weighted by Crippen LogP contribution is 2.25. The van der Waals surface area contributed by atoms with Crippen LogP contribution in [0.4, 0.5) is 0 Å². The fourth-order valence-corrected chi connectivity index (χ4v) is 5.51. The molecule has 1 fully saturated rings. The van der Waals surface area contributed by atoms with Gasteiger partial charge in [-0.05, 0) is 61.6 Å². The van der Waals surface area contributed by atoms with Crippen LogP contribution in [-0.2, 0) is 16.4 Å². The molecule has 0 aromatic heterocycles. The normalized spacial score (nSPS) is 18.1. The molecule has 2 aromatic rings. The zero-order valence-corrected chi connectivity index (χ0v) is 18.1. The maximum Gasteiger partial charge on any atom is 0.243 e. The van der Waals surface area contributed by atoms with E-state index >= 15 is 0 Å². The minimum Gasteiger partial charge on any atom is -0.300 e. The first-order chi connectivity index (χ1) is 13.5. The molecule has 1 heterocycles. The van der Waals surface area contributed by atoms with Crippen molar-refractivity contribution < 1.29 is 8.42 Å². The maximum absolute atomic E-state index is 12.8. The zero-order valence-electron chi connectivity index (χ0n) is 17.3. The first-order valence-electron chi connectivity index (χ1n) is 10.4. The van der Waals surface area contributed by atoms with E-state index in [9.17, 15) is 8.42 Å². The average molecular weight is 401 g/mol. The summed E-state index contributed by atoms with van der Waals surface area (Å²) in [6.07, 6.45) is 3.68. The summed E-state index contributed by atoms with van der Waals surface area (Å²) in [4.78, 5) is 2.93. The monoisotopic (exact) mass is 400 g/mol. The standard InChI is InChI=1S/C23H32N2O2S/c1-4-25(5-2)28(26,27)23-10-6-9-22(18-23)21-13-11-20(12-14-21)15-17-24-16-7-8-19(24)3/h6,9-14,18-19H,4-5,7-8,15-17H2,1-3H3/t19-/m1/s1. The van der Waals surface area contributed by atoms with Gasteiger partial charge >= 0.3 is 0 Å². The van der Waals surface area contributed by atoms with Gasteiger partial charge in [-0.2, -0.15) is 4.31 Å². The lowest BCUT2D eigenvalue weighted by atomic mass is 10.0. The molecule has 0 amide bonds. The first-order valence-corrected chi connectivity index (χ1v) is 11.8. The molecule has 0 aliphatic carbocycles. The van der Waals surface area contributed by atoms with Gasteiger partial charge in [-0.3, -0.25) is 0 Å². The summed E-state index contributed by atoms with van der Waals surface area (Å²) >= 11 is 0. The molecule has 4 nitrogen and oxygen atoms in total. The second-order valence-electron chi connectivity index (χ2n) is 7.59. The van der Waals surface area contributed by atoms with Gasteiger partial charge in [0.15, 0.2) is 0 Å². The van der Waals surface area contributed by atoms with Crippen molar-refractivity contribution in [1.82, 2.24) is 9.21 Å². The molecule has 1 aliphatic heterocycles. The lowest BCUT2D eigenvalue weighted by Crippen LogP contribution is -2.30. The van der Waals surface area contributed by atoms with Gasteiger partial charge < -0.3 is 4.90 Å². The Bertz CT molecular complexity index is 874. The van der Waals surface area contributed by atoms with E-state index in [2.05, 4.69) is 36.1 Å². The van der Waals surface area contributed by atoms with Gasteiger partial charge in [0.25, 0.3) is 0 Å². The van der Waals surface area contributed by atoms with E-state index in [0.29, 0.717) is 24.0 Å². The summed E-state index contributed by atoms with van der Waals surface area (Å²) in [5.41, 5.74) is 3.32. The molecule has 0 saturated carbocycles. The van der Waals surface area contributed by atoms with Gasteiger partial charge in [0.2, 0.25) is 10.0 Å². The number of rotatable bonds is 8. The highest BCUT2D eigenvalue weighted by atomic mass is 32.2. The Kier molecular flexibility index (Phi) is 6.91. The minimum atomic E-state index is -3.44. The van der Waals surface area contributed by atoms with Crippen molar-refractivity contribution in [3.05, 3.63) is 54.1 Å². The Balaban J connectivity index is 1.73. The Morgan fingerprint density at radius 3 is 2.36 bits per heavy atom. The van der Waals surface area contributed by atoms with E-state index in [1.807, 2.05) is 26.0 Å². The second kappa shape index (κ2) is 9.21. The van der Waals surface area contributed by atoms with Gasteiger partial charge in [-0.25, -0.2) is 8.42 Å². The molecule has 1 atom stereocenters. The number of hydrogen-bond acceptors (Lipinski definition) is 3. The van der Waals surface area contributed by atoms with E-state index in [-0.39, 0.29) is 0 Å². The molecule has 0 spiro atoms. The summed E-state index contributed by atoms with van der Waals surface area (Å²) in [5.74, 6) is 0. The third-order valence-electron chi connectivity index (χ3n) is 5.84. The largest absolute Gasteiger partial charge is 0.300 e. The molecule has 0 N–H and O–H groups in total. The number of likely N-dealkylation sites (tertiary alicyclic amines) is 1. The van der Waals surface area contributed by atoms with Crippen LogP contribution in [0.15, 0.2) is 53.4 Å². The molecule has 3 rings (SSSR count). The molecular weight excluding hydrogens is 368 g/mol. The number of nitrogens with zero attached hydrogens (tertiary/aromatic N) is 2. The zero-order chi connectivity index (χ0) is 20.1. The van der Waals surface area contributed by atoms with E-state index in [1.165, 1.54) is 29.3 Å². The third kappa shape index (κ3) is 4.65. The number of benzene rings is 2. The molecule has 5 heteroatoms. The summed E-state index contributed by atoms with van der Waals surface area (Å²) in [5, 5.41) is 0. The molecule has 0 radical (unpaired) electrons. The second-order valence-corrected chi connectivity index (χ2v) is 9.53. The highest BCUT2D eigenvalue weighted by molar-refractivity contribution is 7.89. The predicted octanol–water partition coefficient (Wildman–Crippen LogP) is 4.41. The van der Waals surface area contributed by atoms with E-state index in [0.717, 1.165) is 24.1 Å². The van der Waals surface area contributed by atoms with Crippen molar-refractivity contribution in [2.75, 3.05) is 26.2 Å². The van der Waals surface area contributed by atoms with Gasteiger partial charge in [0.05, 0.1) is 4.90 Å². The average Bonchev–Trinajstić information content (AvgIpc) is 3.12. The van der Waals surface area contributed by atoms with Crippen molar-refractivity contribution in [2.45, 2.75) is 51.0 Å². The summed E-state index contributed by atoms with van der Waals surface area (Å²) < 4.78 is 27.1. The van der Waals surface area contributed by atoms with Crippen LogP contribution >= 0.6 is 0 Å². The molecule has 0 unspecified atom stereocenters. The minimum absolute atomic E-state index is 0.362. The topological polar surface area (TPSA) is 40.6 Å². The van der Waals surface area contributed by atoms with Crippen LogP contribution < -0.4 is 0 Å². The number of sulfonamides is 1. The van der Waals surface area contributed by atoms with Gasteiger partial charge in [-0.1, -0.05) is 50.2 Å². The van der Waals surface area contributed by atoms with E-state index in [1.54, 1.807) is 12.1 Å². The SMILES string of the molecule is CCN(CC)S(=O)(=O)c1cccc(-c2ccc(CCN3CCC[C@H]3C)cc2)c1. The fourth-order valence-electron chi connectivity index (χ4n) is 4.01. The summed E-state index contributed by atoms with van der Waals surface area (Å²) in [6.45, 7) is 9.33. The van der Waals surface area contributed by atoms with E-state index in [4.69, 9.17) is 0 Å². The Hall–Kier alpha value is -1.69. The van der Waals surface area contributed by atoms with Gasteiger partial charge in [0.1, 0.15) is 0 Å². The van der Waals surface area contributed by atoms with Crippen LogP contribution in [0.25, 0.3) is 11.1 Å². The Morgan fingerprint density at radius 1 is 1.04 bits per heavy atom. The molecule has 152 valence electrons. The van der Waals surface area contributed by atoms with Crippen LogP contribution in [0.2, 0.25) is 0 Å². The van der Waals surface area contributed by atoms with Crippen molar-refractivity contribution in [2.24, 2.45) is 0 Å². The maximum atomic E-state index is 12.8. The molecule has 2 aromatic carbocycles. The quantitative estimate of drug-likeness (QED) is 0.659. The van der Waals surface area contributed by atoms with Gasteiger partial charge in [-0.15, -0.1) is 0 Å². The summed E-state index contributed by atoms with van der Waals surface area (Å²) in [6, 6.07) is 16.5. The molecule has 0 bridgehead atoms. The Morgan fingerprint density at radius 2 is 1.75 bits per heavy atom. The van der Waals surface area contributed by atoms with Crippen molar-refractivity contribution in [3.63, 3.8) is 0 Å². The third-order valence-corrected chi connectivity index (χ3v) is 7.89. The van der Waals surface area contributed by atoms with Crippen molar-refractivity contribution >= 4 is 10.0 Å². The van der Waals surface area contributed by atoms with Crippen LogP contribution in [0.3, 0.4) is 0 Å².